The summed E-state index contributed by atoms with van der Waals surface area (Å²) in [5.41, 5.74) is 4.87. The quantitative estimate of drug-likeness (QED) is 0.0855. The van der Waals surface area contributed by atoms with E-state index >= 15 is 0 Å². The van der Waals surface area contributed by atoms with Crippen LogP contribution >= 0.6 is 0 Å². The van der Waals surface area contributed by atoms with Gasteiger partial charge in [0.15, 0.2) is 0 Å². The molecule has 0 fully saturated rings. The SMILES string of the molecule is CC(C)=CCC/C(C)=C/C=C/C(C)C/C=C/C(C)CCCCC(C)CCCC(C)/C=C/C1C(C)=CCCC1(C)C. The summed E-state index contributed by atoms with van der Waals surface area (Å²) in [5.74, 6) is 3.48. The molecule has 5 atom stereocenters. The van der Waals surface area contributed by atoms with Gasteiger partial charge in [-0.3, -0.25) is 0 Å². The van der Waals surface area contributed by atoms with Gasteiger partial charge < -0.3 is 0 Å². The van der Waals surface area contributed by atoms with Gasteiger partial charge in [-0.2, -0.15) is 0 Å². The summed E-state index contributed by atoms with van der Waals surface area (Å²) < 4.78 is 0. The zero-order valence-corrected chi connectivity index (χ0v) is 28.6. The van der Waals surface area contributed by atoms with Crippen molar-refractivity contribution >= 4 is 0 Å². The van der Waals surface area contributed by atoms with E-state index in [1.165, 1.54) is 68.9 Å². The molecule has 0 radical (unpaired) electrons. The van der Waals surface area contributed by atoms with Gasteiger partial charge in [0.1, 0.15) is 0 Å². The lowest BCUT2D eigenvalue weighted by molar-refractivity contribution is 0.255. The Kier molecular flexibility index (Phi) is 18.5. The molecule has 1 aliphatic rings. The molecule has 0 aromatic heterocycles. The average molecular weight is 549 g/mol. The van der Waals surface area contributed by atoms with Crippen LogP contribution in [0, 0.1) is 35.0 Å². The summed E-state index contributed by atoms with van der Waals surface area (Å²) in [7, 11) is 0. The average Bonchev–Trinajstić information content (AvgIpc) is 2.85. The van der Waals surface area contributed by atoms with Crippen LogP contribution in [0.3, 0.4) is 0 Å². The first-order valence-corrected chi connectivity index (χ1v) is 16.9. The molecule has 0 bridgehead atoms. The minimum Gasteiger partial charge on any atom is -0.0877 e. The molecule has 0 N–H and O–H groups in total. The van der Waals surface area contributed by atoms with Gasteiger partial charge in [0.05, 0.1) is 0 Å². The van der Waals surface area contributed by atoms with Gasteiger partial charge in [-0.05, 0) is 102 Å². The fourth-order valence-corrected chi connectivity index (χ4v) is 6.05. The largest absolute Gasteiger partial charge is 0.0877 e. The Morgan fingerprint density at radius 1 is 0.875 bits per heavy atom. The first-order chi connectivity index (χ1) is 18.9. The predicted molar refractivity (Wildman–Crippen MR) is 184 cm³/mol. The predicted octanol–water partition coefficient (Wildman–Crippen LogP) is 13.4. The monoisotopic (exact) mass is 549 g/mol. The number of allylic oxidation sites excluding steroid dienone is 12. The Labute approximate surface area is 252 Å². The van der Waals surface area contributed by atoms with Gasteiger partial charge in [0.25, 0.3) is 0 Å². The van der Waals surface area contributed by atoms with Crippen LogP contribution in [0.15, 0.2) is 71.4 Å². The van der Waals surface area contributed by atoms with Crippen LogP contribution in [-0.2, 0) is 0 Å². The van der Waals surface area contributed by atoms with Crippen LogP contribution in [0.25, 0.3) is 0 Å². The van der Waals surface area contributed by atoms with E-state index in [9.17, 15) is 0 Å². The van der Waals surface area contributed by atoms with Crippen LogP contribution in [-0.4, -0.2) is 0 Å². The van der Waals surface area contributed by atoms with Crippen molar-refractivity contribution in [3.63, 3.8) is 0 Å². The van der Waals surface area contributed by atoms with E-state index in [2.05, 4.69) is 124 Å². The topological polar surface area (TPSA) is 0 Å². The van der Waals surface area contributed by atoms with Crippen molar-refractivity contribution in [2.45, 2.75) is 146 Å². The highest BCUT2D eigenvalue weighted by Crippen LogP contribution is 2.41. The lowest BCUT2D eigenvalue weighted by atomic mass is 9.68. The summed E-state index contributed by atoms with van der Waals surface area (Å²) in [6, 6.07) is 0. The van der Waals surface area contributed by atoms with Gasteiger partial charge in [0.2, 0.25) is 0 Å². The highest BCUT2D eigenvalue weighted by molar-refractivity contribution is 5.19. The molecule has 0 saturated carbocycles. The molecule has 0 aliphatic heterocycles. The molecule has 1 aliphatic carbocycles. The maximum atomic E-state index is 2.53. The molecule has 0 saturated heterocycles. The van der Waals surface area contributed by atoms with Crippen molar-refractivity contribution in [2.24, 2.45) is 35.0 Å². The molecule has 1 rings (SSSR count). The Morgan fingerprint density at radius 2 is 1.52 bits per heavy atom. The summed E-state index contributed by atoms with van der Waals surface area (Å²) in [4.78, 5) is 0. The smallest absolute Gasteiger partial charge is 0.00254 e. The Morgan fingerprint density at radius 3 is 2.23 bits per heavy atom. The molecule has 40 heavy (non-hydrogen) atoms. The number of hydrogen-bond donors (Lipinski definition) is 0. The van der Waals surface area contributed by atoms with E-state index in [1.807, 2.05) is 0 Å². The summed E-state index contributed by atoms with van der Waals surface area (Å²) in [6.45, 7) is 23.4. The van der Waals surface area contributed by atoms with Gasteiger partial charge >= 0.3 is 0 Å². The molecule has 0 spiro atoms. The van der Waals surface area contributed by atoms with Crippen LogP contribution in [0.5, 0.6) is 0 Å². The third kappa shape index (κ3) is 17.3. The van der Waals surface area contributed by atoms with Crippen LogP contribution < -0.4 is 0 Å². The first-order valence-electron chi connectivity index (χ1n) is 16.9. The molecular weight excluding hydrogens is 480 g/mol. The van der Waals surface area contributed by atoms with Gasteiger partial charge in [-0.25, -0.2) is 0 Å². The fraction of sp³-hybridized carbons (Fsp3) is 0.700. The molecular formula is C40H68. The van der Waals surface area contributed by atoms with Crippen LogP contribution in [0.4, 0.5) is 0 Å². The van der Waals surface area contributed by atoms with E-state index in [0.717, 1.165) is 25.2 Å². The van der Waals surface area contributed by atoms with Crippen molar-refractivity contribution in [1.82, 2.24) is 0 Å². The number of unbranched alkanes of at least 4 members (excludes halogenated alkanes) is 1. The normalized spacial score (nSPS) is 21.1. The minimum atomic E-state index is 0.411. The second-order valence-corrected chi connectivity index (χ2v) is 14.5. The Balaban J connectivity index is 2.17. The first kappa shape index (κ1) is 36.5. The third-order valence-electron chi connectivity index (χ3n) is 9.07. The summed E-state index contributed by atoms with van der Waals surface area (Å²) in [5, 5.41) is 0. The van der Waals surface area contributed by atoms with E-state index in [0.29, 0.717) is 29.1 Å². The van der Waals surface area contributed by atoms with Crippen LogP contribution in [0.2, 0.25) is 0 Å². The van der Waals surface area contributed by atoms with Crippen molar-refractivity contribution in [1.29, 1.82) is 0 Å². The number of hydrogen-bond acceptors (Lipinski definition) is 0. The van der Waals surface area contributed by atoms with E-state index in [1.54, 1.807) is 5.57 Å². The molecule has 0 heterocycles. The molecule has 0 aromatic carbocycles. The standard InChI is InChI=1S/C40H68/c1-32(2)18-13-21-35(5)24-15-26-36(6)25-14-22-33(3)19-11-12-20-34(4)23-16-27-37(7)29-30-39-38(8)28-17-31-40(39,9)10/h14-15,18,22,24,26,28-30,33-34,36-37,39H,11-13,16-17,19-21,23,25,27,31H2,1-10H3/b22-14+,26-15+,30-29+,35-24+. The maximum absolute atomic E-state index is 2.53. The summed E-state index contributed by atoms with van der Waals surface area (Å²) >= 11 is 0. The molecule has 0 nitrogen and oxygen atoms in total. The third-order valence-corrected chi connectivity index (χ3v) is 9.07. The Hall–Kier alpha value is -1.56. The molecule has 5 unspecified atom stereocenters. The molecule has 0 amide bonds. The van der Waals surface area contributed by atoms with Crippen molar-refractivity contribution in [2.75, 3.05) is 0 Å². The zero-order valence-electron chi connectivity index (χ0n) is 28.6. The van der Waals surface area contributed by atoms with Crippen molar-refractivity contribution in [3.05, 3.63) is 71.4 Å². The Bertz CT molecular complexity index is 850. The van der Waals surface area contributed by atoms with Crippen molar-refractivity contribution in [3.8, 4) is 0 Å². The van der Waals surface area contributed by atoms with E-state index in [4.69, 9.17) is 0 Å². The van der Waals surface area contributed by atoms with Gasteiger partial charge in [0, 0.05) is 5.92 Å². The minimum absolute atomic E-state index is 0.411. The van der Waals surface area contributed by atoms with E-state index in [-0.39, 0.29) is 0 Å². The highest BCUT2D eigenvalue weighted by Gasteiger charge is 2.30. The second-order valence-electron chi connectivity index (χ2n) is 14.5. The van der Waals surface area contributed by atoms with Gasteiger partial charge in [-0.15, -0.1) is 0 Å². The number of rotatable bonds is 19. The lowest BCUT2D eigenvalue weighted by Gasteiger charge is -2.37. The highest BCUT2D eigenvalue weighted by atomic mass is 14.3. The second kappa shape index (κ2) is 20.3. The molecule has 0 aromatic rings. The lowest BCUT2D eigenvalue weighted by Crippen LogP contribution is -2.26. The maximum Gasteiger partial charge on any atom is 0.00254 e. The van der Waals surface area contributed by atoms with Crippen molar-refractivity contribution < 1.29 is 0 Å². The van der Waals surface area contributed by atoms with Crippen LogP contribution in [0.1, 0.15) is 146 Å². The zero-order chi connectivity index (χ0) is 30.0. The summed E-state index contributed by atoms with van der Waals surface area (Å²) in [6.07, 6.45) is 37.2. The van der Waals surface area contributed by atoms with Gasteiger partial charge in [-0.1, -0.05) is 145 Å². The molecule has 0 heteroatoms. The molecule has 228 valence electrons. The van der Waals surface area contributed by atoms with E-state index < -0.39 is 0 Å². The fourth-order valence-electron chi connectivity index (χ4n) is 6.05.